The molecule has 2 aromatic carbocycles. The van der Waals surface area contributed by atoms with Crippen LogP contribution in [0.1, 0.15) is 10.4 Å². The molecular weight excluding hydrogens is 354 g/mol. The van der Waals surface area contributed by atoms with E-state index in [4.69, 9.17) is 23.7 Å². The molecule has 0 fully saturated rings. The second-order valence-corrected chi connectivity index (χ2v) is 5.58. The second kappa shape index (κ2) is 8.31. The summed E-state index contributed by atoms with van der Waals surface area (Å²) in [5.41, 5.74) is 0.738. The van der Waals surface area contributed by atoms with Gasteiger partial charge in [0.1, 0.15) is 24.7 Å². The third kappa shape index (κ3) is 4.60. The molecule has 1 aliphatic rings. The van der Waals surface area contributed by atoms with Gasteiger partial charge in [0.2, 0.25) is 0 Å². The number of fused-ring (bicyclic) bond motifs is 1. The number of ether oxygens (including phenoxy) is 5. The maximum atomic E-state index is 12.2. The molecule has 1 N–H and O–H groups in total. The molecule has 1 amide bonds. The minimum Gasteiger partial charge on any atom is -0.497 e. The van der Waals surface area contributed by atoms with Crippen LogP contribution in [-0.2, 0) is 9.53 Å². The standard InChI is InChI=1S/C19H19NO7/c1-23-14-7-12(8-15(10-14)24-2)19(22)27-11-18(21)20-13-3-4-16-17(9-13)26-6-5-25-16/h3-4,7-10H,5-6,11H2,1-2H3,(H,20,21). The Balaban J connectivity index is 1.58. The molecule has 2 aromatic rings. The normalized spacial score (nSPS) is 12.1. The Bertz CT molecular complexity index is 828. The van der Waals surface area contributed by atoms with E-state index in [1.54, 1.807) is 24.3 Å². The van der Waals surface area contributed by atoms with Crippen molar-refractivity contribution < 1.29 is 33.3 Å². The van der Waals surface area contributed by atoms with Crippen molar-refractivity contribution >= 4 is 17.6 Å². The van der Waals surface area contributed by atoms with Gasteiger partial charge in [-0.15, -0.1) is 0 Å². The van der Waals surface area contributed by atoms with Crippen LogP contribution in [0.5, 0.6) is 23.0 Å². The average molecular weight is 373 g/mol. The first kappa shape index (κ1) is 18.4. The maximum Gasteiger partial charge on any atom is 0.338 e. The van der Waals surface area contributed by atoms with E-state index >= 15 is 0 Å². The van der Waals surface area contributed by atoms with Crippen molar-refractivity contribution in [2.45, 2.75) is 0 Å². The Morgan fingerprint density at radius 2 is 1.63 bits per heavy atom. The quantitative estimate of drug-likeness (QED) is 0.777. The lowest BCUT2D eigenvalue weighted by Crippen LogP contribution is -2.21. The van der Waals surface area contributed by atoms with Crippen molar-refractivity contribution in [3.05, 3.63) is 42.0 Å². The van der Waals surface area contributed by atoms with Crippen molar-refractivity contribution in [1.29, 1.82) is 0 Å². The summed E-state index contributed by atoms with van der Waals surface area (Å²) in [6, 6.07) is 9.68. The van der Waals surface area contributed by atoms with E-state index in [2.05, 4.69) is 5.32 Å². The van der Waals surface area contributed by atoms with E-state index < -0.39 is 18.5 Å². The van der Waals surface area contributed by atoms with Gasteiger partial charge in [-0.25, -0.2) is 4.79 Å². The van der Waals surface area contributed by atoms with Crippen molar-refractivity contribution in [3.63, 3.8) is 0 Å². The summed E-state index contributed by atoms with van der Waals surface area (Å²) in [5, 5.41) is 2.64. The lowest BCUT2D eigenvalue weighted by Gasteiger charge is -2.19. The lowest BCUT2D eigenvalue weighted by atomic mass is 10.2. The molecule has 1 aliphatic heterocycles. The van der Waals surface area contributed by atoms with Crippen LogP contribution in [0, 0.1) is 0 Å². The van der Waals surface area contributed by atoms with E-state index in [9.17, 15) is 9.59 Å². The van der Waals surface area contributed by atoms with E-state index in [1.165, 1.54) is 26.4 Å². The highest BCUT2D eigenvalue weighted by Gasteiger charge is 2.15. The van der Waals surface area contributed by atoms with Crippen LogP contribution in [0.4, 0.5) is 5.69 Å². The highest BCUT2D eigenvalue weighted by atomic mass is 16.6. The third-order valence-corrected chi connectivity index (χ3v) is 3.75. The minimum absolute atomic E-state index is 0.221. The summed E-state index contributed by atoms with van der Waals surface area (Å²) in [5.74, 6) is 0.931. The Morgan fingerprint density at radius 1 is 0.963 bits per heavy atom. The number of hydrogen-bond donors (Lipinski definition) is 1. The van der Waals surface area contributed by atoms with E-state index in [0.717, 1.165) is 0 Å². The highest BCUT2D eigenvalue weighted by Crippen LogP contribution is 2.32. The van der Waals surface area contributed by atoms with E-state index in [1.807, 2.05) is 0 Å². The van der Waals surface area contributed by atoms with Gasteiger partial charge < -0.3 is 29.0 Å². The molecule has 3 rings (SSSR count). The fraction of sp³-hybridized carbons (Fsp3) is 0.263. The third-order valence-electron chi connectivity index (χ3n) is 3.75. The summed E-state index contributed by atoms with van der Waals surface area (Å²) in [6.07, 6.45) is 0. The van der Waals surface area contributed by atoms with Crippen LogP contribution >= 0.6 is 0 Å². The highest BCUT2D eigenvalue weighted by molar-refractivity contribution is 5.96. The number of benzene rings is 2. The summed E-state index contributed by atoms with van der Waals surface area (Å²) >= 11 is 0. The first-order valence-corrected chi connectivity index (χ1v) is 8.19. The Kier molecular flexibility index (Phi) is 5.65. The lowest BCUT2D eigenvalue weighted by molar-refractivity contribution is -0.119. The molecule has 0 radical (unpaired) electrons. The Labute approximate surface area is 155 Å². The van der Waals surface area contributed by atoms with Gasteiger partial charge in [0, 0.05) is 17.8 Å². The predicted molar refractivity (Wildman–Crippen MR) is 95.9 cm³/mol. The van der Waals surface area contributed by atoms with Gasteiger partial charge in [-0.3, -0.25) is 4.79 Å². The zero-order chi connectivity index (χ0) is 19.2. The van der Waals surface area contributed by atoms with Crippen LogP contribution in [0.25, 0.3) is 0 Å². The van der Waals surface area contributed by atoms with Gasteiger partial charge in [-0.05, 0) is 24.3 Å². The maximum absolute atomic E-state index is 12.2. The Morgan fingerprint density at radius 3 is 2.30 bits per heavy atom. The molecule has 0 saturated carbocycles. The van der Waals surface area contributed by atoms with E-state index in [0.29, 0.717) is 41.9 Å². The fourth-order valence-corrected chi connectivity index (χ4v) is 2.46. The van der Waals surface area contributed by atoms with Crippen molar-refractivity contribution in [2.75, 3.05) is 39.4 Å². The van der Waals surface area contributed by atoms with Gasteiger partial charge in [-0.2, -0.15) is 0 Å². The number of esters is 1. The van der Waals surface area contributed by atoms with Crippen LogP contribution in [0.3, 0.4) is 0 Å². The van der Waals surface area contributed by atoms with Gasteiger partial charge in [0.25, 0.3) is 5.91 Å². The average Bonchev–Trinajstić information content (AvgIpc) is 2.71. The van der Waals surface area contributed by atoms with Gasteiger partial charge >= 0.3 is 5.97 Å². The summed E-state index contributed by atoms with van der Waals surface area (Å²) in [4.78, 5) is 24.2. The Hall–Kier alpha value is -3.42. The number of amides is 1. The molecule has 0 aromatic heterocycles. The molecule has 27 heavy (non-hydrogen) atoms. The smallest absolute Gasteiger partial charge is 0.338 e. The monoisotopic (exact) mass is 373 g/mol. The molecule has 142 valence electrons. The van der Waals surface area contributed by atoms with Gasteiger partial charge in [-0.1, -0.05) is 0 Å². The predicted octanol–water partition coefficient (Wildman–Crippen LogP) is 2.27. The van der Waals surface area contributed by atoms with Gasteiger partial charge in [0.05, 0.1) is 19.8 Å². The molecule has 8 heteroatoms. The SMILES string of the molecule is COc1cc(OC)cc(C(=O)OCC(=O)Nc2ccc3c(c2)OCCO3)c1. The topological polar surface area (TPSA) is 92.3 Å². The number of rotatable bonds is 6. The fourth-order valence-electron chi connectivity index (χ4n) is 2.46. The molecule has 0 spiro atoms. The number of nitrogens with one attached hydrogen (secondary N) is 1. The van der Waals surface area contributed by atoms with Crippen molar-refractivity contribution in [2.24, 2.45) is 0 Å². The van der Waals surface area contributed by atoms with Crippen LogP contribution in [0.15, 0.2) is 36.4 Å². The summed E-state index contributed by atoms with van der Waals surface area (Å²) in [7, 11) is 2.95. The number of carbonyl (C=O) groups excluding carboxylic acids is 2. The number of methoxy groups -OCH3 is 2. The van der Waals surface area contributed by atoms with Gasteiger partial charge in [0.15, 0.2) is 18.1 Å². The minimum atomic E-state index is -0.662. The molecule has 0 aliphatic carbocycles. The molecular formula is C19H19NO7. The van der Waals surface area contributed by atoms with Crippen LogP contribution in [-0.4, -0.2) is 45.9 Å². The zero-order valence-electron chi connectivity index (χ0n) is 14.9. The summed E-state index contributed by atoms with van der Waals surface area (Å²) in [6.45, 7) is 0.503. The zero-order valence-corrected chi connectivity index (χ0v) is 14.9. The number of carbonyl (C=O) groups is 2. The molecule has 8 nitrogen and oxygen atoms in total. The van der Waals surface area contributed by atoms with Crippen LogP contribution < -0.4 is 24.3 Å². The first-order chi connectivity index (χ1) is 13.1. The molecule has 0 atom stereocenters. The summed E-state index contributed by atoms with van der Waals surface area (Å²) < 4.78 is 26.2. The molecule has 1 heterocycles. The number of anilines is 1. The van der Waals surface area contributed by atoms with E-state index in [-0.39, 0.29) is 5.56 Å². The molecule has 0 unspecified atom stereocenters. The van der Waals surface area contributed by atoms with Crippen molar-refractivity contribution in [3.8, 4) is 23.0 Å². The van der Waals surface area contributed by atoms with Crippen molar-refractivity contribution in [1.82, 2.24) is 0 Å². The molecule has 0 bridgehead atoms. The second-order valence-electron chi connectivity index (χ2n) is 5.58. The molecule has 0 saturated heterocycles. The largest absolute Gasteiger partial charge is 0.497 e. The number of hydrogen-bond acceptors (Lipinski definition) is 7. The first-order valence-electron chi connectivity index (χ1n) is 8.19. The van der Waals surface area contributed by atoms with Crippen LogP contribution in [0.2, 0.25) is 0 Å².